The van der Waals surface area contributed by atoms with Gasteiger partial charge in [0.25, 0.3) is 11.5 Å². The first-order chi connectivity index (χ1) is 16.0. The molecule has 0 aliphatic rings. The van der Waals surface area contributed by atoms with Gasteiger partial charge in [0.05, 0.1) is 34.1 Å². The highest BCUT2D eigenvalue weighted by Crippen LogP contribution is 2.23. The van der Waals surface area contributed by atoms with Gasteiger partial charge in [-0.1, -0.05) is 24.1 Å². The maximum absolute atomic E-state index is 13.2. The van der Waals surface area contributed by atoms with E-state index in [4.69, 9.17) is 16.9 Å². The molecule has 0 radical (unpaired) electrons. The molecule has 0 fully saturated rings. The van der Waals surface area contributed by atoms with Gasteiger partial charge in [-0.25, -0.2) is 4.98 Å². The first-order valence-corrected chi connectivity index (χ1v) is 10.8. The van der Waals surface area contributed by atoms with Gasteiger partial charge >= 0.3 is 5.97 Å². The number of anilines is 1. The fourth-order valence-electron chi connectivity index (χ4n) is 3.48. The predicted molar refractivity (Wildman–Crippen MR) is 131 cm³/mol. The van der Waals surface area contributed by atoms with E-state index >= 15 is 0 Å². The van der Waals surface area contributed by atoms with Crippen LogP contribution in [0.2, 0.25) is 0 Å². The monoisotopic (exact) mass is 460 g/mol. The van der Waals surface area contributed by atoms with Gasteiger partial charge in [-0.05, 0) is 57.5 Å². The van der Waals surface area contributed by atoms with Crippen LogP contribution >= 0.6 is 0 Å². The summed E-state index contributed by atoms with van der Waals surface area (Å²) in [5.41, 5.74) is 6.84. The lowest BCUT2D eigenvalue weighted by atomic mass is 9.98. The molecule has 0 saturated heterocycles. The Bertz CT molecular complexity index is 1350. The maximum Gasteiger partial charge on any atom is 0.312 e. The molecule has 0 unspecified atom stereocenters. The van der Waals surface area contributed by atoms with Gasteiger partial charge in [0, 0.05) is 6.54 Å². The van der Waals surface area contributed by atoms with Gasteiger partial charge in [0.1, 0.15) is 5.82 Å². The van der Waals surface area contributed by atoms with Crippen LogP contribution in [0.15, 0.2) is 47.3 Å². The van der Waals surface area contributed by atoms with E-state index in [9.17, 15) is 14.4 Å². The van der Waals surface area contributed by atoms with Crippen molar-refractivity contribution in [1.82, 2.24) is 9.55 Å². The number of carbonyl (C=O) groups excluding carboxylic acids is 2. The molecule has 0 spiro atoms. The lowest BCUT2D eigenvalue weighted by Crippen LogP contribution is -2.30. The number of hydrogen-bond donors (Lipinski definition) is 1. The maximum atomic E-state index is 13.2. The lowest BCUT2D eigenvalue weighted by molar-refractivity contribution is -0.157. The minimum absolute atomic E-state index is 0.219. The van der Waals surface area contributed by atoms with E-state index in [1.807, 2.05) is 11.0 Å². The minimum Gasteiger partial charge on any atom is -0.443 e. The summed E-state index contributed by atoms with van der Waals surface area (Å²) in [6, 6.07) is 12.3. The fraction of sp³-hybridized carbons (Fsp3) is 0.308. The quantitative estimate of drug-likeness (QED) is 0.429. The molecule has 0 aliphatic carbocycles. The van der Waals surface area contributed by atoms with Crippen LogP contribution in [-0.4, -0.2) is 28.0 Å². The summed E-state index contributed by atoms with van der Waals surface area (Å²) >= 11 is 0. The number of aromatic nitrogens is 2. The first-order valence-electron chi connectivity index (χ1n) is 10.8. The molecule has 0 aliphatic heterocycles. The zero-order valence-electron chi connectivity index (χ0n) is 19.8. The fourth-order valence-corrected chi connectivity index (χ4v) is 3.48. The van der Waals surface area contributed by atoms with E-state index in [0.29, 0.717) is 34.5 Å². The number of nitrogens with two attached hydrogens (primary N) is 1. The van der Waals surface area contributed by atoms with Crippen LogP contribution in [0.4, 0.5) is 5.69 Å². The summed E-state index contributed by atoms with van der Waals surface area (Å²) in [6.45, 7) is 7.28. The SMILES string of the molecule is C#CCN(Cc1ccc2nc(C)n(COC(=O)C(C)(C)C)c(=O)c2c1)c1ccccc1C(N)=O. The molecule has 0 bridgehead atoms. The molecule has 2 aromatic carbocycles. The highest BCUT2D eigenvalue weighted by atomic mass is 16.5. The van der Waals surface area contributed by atoms with E-state index in [0.717, 1.165) is 5.56 Å². The average Bonchev–Trinajstić information content (AvgIpc) is 2.78. The van der Waals surface area contributed by atoms with Gasteiger partial charge in [0.15, 0.2) is 6.73 Å². The van der Waals surface area contributed by atoms with Crippen LogP contribution < -0.4 is 16.2 Å². The van der Waals surface area contributed by atoms with Crippen LogP contribution in [0.1, 0.15) is 42.5 Å². The van der Waals surface area contributed by atoms with Crippen LogP contribution in [0.5, 0.6) is 0 Å². The third-order valence-electron chi connectivity index (χ3n) is 5.31. The van der Waals surface area contributed by atoms with Crippen molar-refractivity contribution in [3.05, 3.63) is 69.8 Å². The minimum atomic E-state index is -0.684. The van der Waals surface area contributed by atoms with E-state index in [1.54, 1.807) is 64.1 Å². The molecule has 2 N–H and O–H groups in total. The van der Waals surface area contributed by atoms with Gasteiger partial charge < -0.3 is 15.4 Å². The van der Waals surface area contributed by atoms with Crippen molar-refractivity contribution in [3.63, 3.8) is 0 Å². The van der Waals surface area contributed by atoms with E-state index < -0.39 is 17.3 Å². The Morgan fingerprint density at radius 3 is 2.56 bits per heavy atom. The Kier molecular flexibility index (Phi) is 7.06. The number of carbonyl (C=O) groups is 2. The Hall–Kier alpha value is -4.12. The molecule has 0 atom stereocenters. The lowest BCUT2D eigenvalue weighted by Gasteiger charge is -2.24. The third-order valence-corrected chi connectivity index (χ3v) is 5.31. The Labute approximate surface area is 198 Å². The van der Waals surface area contributed by atoms with Crippen LogP contribution in [-0.2, 0) is 22.8 Å². The number of fused-ring (bicyclic) bond motifs is 1. The number of terminal acetylenes is 1. The molecular weight excluding hydrogens is 432 g/mol. The average molecular weight is 461 g/mol. The second-order valence-corrected chi connectivity index (χ2v) is 9.00. The first kappa shape index (κ1) is 24.5. The van der Waals surface area contributed by atoms with Crippen molar-refractivity contribution in [3.8, 4) is 12.3 Å². The number of esters is 1. The van der Waals surface area contributed by atoms with E-state index in [1.165, 1.54) is 4.57 Å². The summed E-state index contributed by atoms with van der Waals surface area (Å²) < 4.78 is 6.66. The molecule has 1 heterocycles. The summed E-state index contributed by atoms with van der Waals surface area (Å²) in [4.78, 5) is 43.6. The zero-order chi connectivity index (χ0) is 25.0. The van der Waals surface area contributed by atoms with Gasteiger partial charge in [-0.15, -0.1) is 6.42 Å². The number of para-hydroxylation sites is 1. The van der Waals surface area contributed by atoms with E-state index in [-0.39, 0.29) is 18.8 Å². The molecule has 1 amide bonds. The second-order valence-electron chi connectivity index (χ2n) is 9.00. The second kappa shape index (κ2) is 9.79. The molecule has 176 valence electrons. The number of benzene rings is 2. The summed E-state index contributed by atoms with van der Waals surface area (Å²) in [5.74, 6) is 2.08. The molecule has 34 heavy (non-hydrogen) atoms. The predicted octanol–water partition coefficient (Wildman–Crippen LogP) is 2.99. The summed E-state index contributed by atoms with van der Waals surface area (Å²) in [5, 5.41) is 0.388. The summed E-state index contributed by atoms with van der Waals surface area (Å²) in [7, 11) is 0. The van der Waals surface area contributed by atoms with Gasteiger partial charge in [-0.2, -0.15) is 0 Å². The Morgan fingerprint density at radius 1 is 1.21 bits per heavy atom. The number of rotatable bonds is 7. The standard InChI is InChI=1S/C26H28N4O4/c1-6-13-29(22-10-8-7-9-19(22)23(27)31)15-18-11-12-21-20(14-18)24(32)30(17(2)28-21)16-34-25(33)26(3,4)5/h1,7-12,14H,13,15-16H2,2-5H3,(H2,27,31). The number of ether oxygens (including phenoxy) is 1. The molecular formula is C26H28N4O4. The molecule has 1 aromatic heterocycles. The highest BCUT2D eigenvalue weighted by Gasteiger charge is 2.23. The normalized spacial score (nSPS) is 11.1. The third kappa shape index (κ3) is 5.26. The van der Waals surface area contributed by atoms with E-state index in [2.05, 4.69) is 10.9 Å². The van der Waals surface area contributed by atoms with Crippen molar-refractivity contribution in [2.75, 3.05) is 11.4 Å². The Balaban J connectivity index is 1.98. The Morgan fingerprint density at radius 2 is 1.91 bits per heavy atom. The zero-order valence-corrected chi connectivity index (χ0v) is 19.8. The number of nitrogens with zero attached hydrogens (tertiary/aromatic N) is 3. The molecule has 0 saturated carbocycles. The topological polar surface area (TPSA) is 108 Å². The smallest absolute Gasteiger partial charge is 0.312 e. The van der Waals surface area contributed by atoms with Crippen LogP contribution in [0, 0.1) is 24.7 Å². The van der Waals surface area contributed by atoms with Crippen LogP contribution in [0.25, 0.3) is 10.9 Å². The van der Waals surface area contributed by atoms with Crippen molar-refractivity contribution < 1.29 is 14.3 Å². The largest absolute Gasteiger partial charge is 0.443 e. The van der Waals surface area contributed by atoms with Crippen molar-refractivity contribution in [1.29, 1.82) is 0 Å². The van der Waals surface area contributed by atoms with Crippen molar-refractivity contribution >= 4 is 28.5 Å². The summed E-state index contributed by atoms with van der Waals surface area (Å²) in [6.07, 6.45) is 5.57. The molecule has 3 rings (SSSR count). The molecule has 8 nitrogen and oxygen atoms in total. The number of amides is 1. The van der Waals surface area contributed by atoms with Crippen molar-refractivity contribution in [2.45, 2.75) is 41.0 Å². The highest BCUT2D eigenvalue weighted by molar-refractivity contribution is 5.98. The number of hydrogen-bond acceptors (Lipinski definition) is 6. The van der Waals surface area contributed by atoms with Gasteiger partial charge in [-0.3, -0.25) is 19.0 Å². The van der Waals surface area contributed by atoms with Gasteiger partial charge in [0.2, 0.25) is 0 Å². The number of primary amides is 1. The van der Waals surface area contributed by atoms with Crippen LogP contribution in [0.3, 0.4) is 0 Å². The number of aryl methyl sites for hydroxylation is 1. The molecule has 3 aromatic rings. The molecule has 8 heteroatoms. The van der Waals surface area contributed by atoms with Crippen molar-refractivity contribution in [2.24, 2.45) is 11.1 Å².